The van der Waals surface area contributed by atoms with Crippen molar-refractivity contribution >= 4 is 17.2 Å². The fraction of sp³-hybridized carbons (Fsp3) is 0.500. The first-order valence-corrected chi connectivity index (χ1v) is 6.91. The SMILES string of the molecule is Cc1nc(CC(=O)N[C@H](C)Cn2cncn2)c(C)s1. The fourth-order valence-corrected chi connectivity index (χ4v) is 2.70. The highest BCUT2D eigenvalue weighted by atomic mass is 32.1. The van der Waals surface area contributed by atoms with E-state index in [1.165, 1.54) is 6.33 Å². The van der Waals surface area contributed by atoms with Crippen LogP contribution in [0.4, 0.5) is 0 Å². The van der Waals surface area contributed by atoms with Gasteiger partial charge < -0.3 is 5.32 Å². The van der Waals surface area contributed by atoms with Gasteiger partial charge in [0, 0.05) is 10.9 Å². The van der Waals surface area contributed by atoms with Crippen LogP contribution in [0.15, 0.2) is 12.7 Å². The number of thiazole rings is 1. The number of nitrogens with one attached hydrogen (secondary N) is 1. The van der Waals surface area contributed by atoms with E-state index in [-0.39, 0.29) is 11.9 Å². The van der Waals surface area contributed by atoms with Gasteiger partial charge in [0.15, 0.2) is 0 Å². The molecule has 0 radical (unpaired) electrons. The summed E-state index contributed by atoms with van der Waals surface area (Å²) >= 11 is 1.62. The van der Waals surface area contributed by atoms with E-state index in [0.29, 0.717) is 13.0 Å². The zero-order chi connectivity index (χ0) is 13.8. The standard InChI is InChI=1S/C12H17N5OS/c1-8(5-17-7-13-6-14-17)15-12(18)4-11-9(2)19-10(3)16-11/h6-8H,4-5H2,1-3H3,(H,15,18)/t8-/m1/s1. The predicted octanol–water partition coefficient (Wildman–Crippen LogP) is 1.10. The average Bonchev–Trinajstić information content (AvgIpc) is 2.89. The summed E-state index contributed by atoms with van der Waals surface area (Å²) in [6.07, 6.45) is 3.45. The van der Waals surface area contributed by atoms with Crippen molar-refractivity contribution in [1.82, 2.24) is 25.1 Å². The number of aryl methyl sites for hydroxylation is 2. The second kappa shape index (κ2) is 5.92. The van der Waals surface area contributed by atoms with Crippen molar-refractivity contribution in [3.05, 3.63) is 28.2 Å². The van der Waals surface area contributed by atoms with Crippen LogP contribution in [0.1, 0.15) is 22.5 Å². The van der Waals surface area contributed by atoms with E-state index >= 15 is 0 Å². The summed E-state index contributed by atoms with van der Waals surface area (Å²) in [4.78, 5) is 21.3. The first-order valence-electron chi connectivity index (χ1n) is 6.09. The van der Waals surface area contributed by atoms with Crippen LogP contribution < -0.4 is 5.32 Å². The minimum absolute atomic E-state index is 0.00855. The zero-order valence-electron chi connectivity index (χ0n) is 11.3. The number of aromatic nitrogens is 4. The van der Waals surface area contributed by atoms with Crippen LogP contribution in [0.3, 0.4) is 0 Å². The molecule has 19 heavy (non-hydrogen) atoms. The first-order chi connectivity index (χ1) is 9.04. The maximum Gasteiger partial charge on any atom is 0.226 e. The fourth-order valence-electron chi connectivity index (χ4n) is 1.87. The summed E-state index contributed by atoms with van der Waals surface area (Å²) in [7, 11) is 0. The van der Waals surface area contributed by atoms with Gasteiger partial charge in [0.2, 0.25) is 5.91 Å². The lowest BCUT2D eigenvalue weighted by atomic mass is 10.2. The highest BCUT2D eigenvalue weighted by Gasteiger charge is 2.13. The zero-order valence-corrected chi connectivity index (χ0v) is 12.1. The Kier molecular flexibility index (Phi) is 4.26. The summed E-state index contributed by atoms with van der Waals surface area (Å²) in [5, 5.41) is 7.94. The van der Waals surface area contributed by atoms with Gasteiger partial charge in [0.1, 0.15) is 12.7 Å². The molecule has 2 aromatic rings. The van der Waals surface area contributed by atoms with Crippen molar-refractivity contribution in [2.24, 2.45) is 0 Å². The quantitative estimate of drug-likeness (QED) is 0.889. The number of amides is 1. The third-order valence-corrected chi connectivity index (χ3v) is 3.59. The lowest BCUT2D eigenvalue weighted by Crippen LogP contribution is -2.36. The van der Waals surface area contributed by atoms with Crippen molar-refractivity contribution in [3.63, 3.8) is 0 Å². The molecule has 0 aliphatic heterocycles. The molecule has 0 aromatic carbocycles. The van der Waals surface area contributed by atoms with Crippen molar-refractivity contribution in [3.8, 4) is 0 Å². The third kappa shape index (κ3) is 3.85. The van der Waals surface area contributed by atoms with Crippen LogP contribution in [0.2, 0.25) is 0 Å². The van der Waals surface area contributed by atoms with Crippen LogP contribution in [0, 0.1) is 13.8 Å². The molecule has 102 valence electrons. The molecule has 6 nitrogen and oxygen atoms in total. The van der Waals surface area contributed by atoms with Gasteiger partial charge >= 0.3 is 0 Å². The molecular weight excluding hydrogens is 262 g/mol. The topological polar surface area (TPSA) is 72.7 Å². The molecule has 0 bridgehead atoms. The Labute approximate surface area is 115 Å². The molecule has 2 heterocycles. The normalized spacial score (nSPS) is 12.4. The molecule has 7 heteroatoms. The van der Waals surface area contributed by atoms with E-state index in [9.17, 15) is 4.79 Å². The maximum atomic E-state index is 11.9. The number of rotatable bonds is 5. The largest absolute Gasteiger partial charge is 0.351 e. The average molecular weight is 279 g/mol. The van der Waals surface area contributed by atoms with Crippen LogP contribution >= 0.6 is 11.3 Å². The highest BCUT2D eigenvalue weighted by Crippen LogP contribution is 2.16. The van der Waals surface area contributed by atoms with Crippen molar-refractivity contribution < 1.29 is 4.79 Å². The molecule has 0 spiro atoms. The minimum Gasteiger partial charge on any atom is -0.351 e. The molecule has 1 amide bonds. The summed E-state index contributed by atoms with van der Waals surface area (Å²) in [6, 6.07) is 0.00855. The maximum absolute atomic E-state index is 11.9. The predicted molar refractivity (Wildman–Crippen MR) is 72.9 cm³/mol. The number of nitrogens with zero attached hydrogens (tertiary/aromatic N) is 4. The summed E-state index contributed by atoms with van der Waals surface area (Å²) in [6.45, 7) is 6.50. The van der Waals surface area contributed by atoms with Crippen LogP contribution in [-0.4, -0.2) is 31.7 Å². The van der Waals surface area contributed by atoms with E-state index in [1.807, 2.05) is 20.8 Å². The minimum atomic E-state index is -0.0129. The van der Waals surface area contributed by atoms with Crippen LogP contribution in [0.25, 0.3) is 0 Å². The monoisotopic (exact) mass is 279 g/mol. The Morgan fingerprint density at radius 2 is 2.32 bits per heavy atom. The Balaban J connectivity index is 1.85. The number of hydrogen-bond acceptors (Lipinski definition) is 5. The molecule has 1 N–H and O–H groups in total. The van der Waals surface area contributed by atoms with Crippen LogP contribution in [0.5, 0.6) is 0 Å². The lowest BCUT2D eigenvalue weighted by Gasteiger charge is -2.13. The van der Waals surface area contributed by atoms with Gasteiger partial charge in [0.05, 0.1) is 23.7 Å². The van der Waals surface area contributed by atoms with Gasteiger partial charge in [0.25, 0.3) is 0 Å². The van der Waals surface area contributed by atoms with Gasteiger partial charge in [-0.3, -0.25) is 9.48 Å². The molecular formula is C12H17N5OS. The first kappa shape index (κ1) is 13.7. The third-order valence-electron chi connectivity index (χ3n) is 2.66. The molecule has 0 unspecified atom stereocenters. The van der Waals surface area contributed by atoms with E-state index in [1.54, 1.807) is 22.3 Å². The molecule has 0 aliphatic rings. The lowest BCUT2D eigenvalue weighted by molar-refractivity contribution is -0.121. The van der Waals surface area contributed by atoms with E-state index in [4.69, 9.17) is 0 Å². The van der Waals surface area contributed by atoms with Gasteiger partial charge in [-0.25, -0.2) is 9.97 Å². The van der Waals surface area contributed by atoms with Gasteiger partial charge in [-0.15, -0.1) is 11.3 Å². The summed E-state index contributed by atoms with van der Waals surface area (Å²) in [5.74, 6) is -0.0129. The van der Waals surface area contributed by atoms with Gasteiger partial charge in [-0.05, 0) is 20.8 Å². The molecule has 0 aliphatic carbocycles. The second-order valence-corrected chi connectivity index (χ2v) is 5.91. The molecule has 1 atom stereocenters. The molecule has 2 rings (SSSR count). The van der Waals surface area contributed by atoms with Crippen LogP contribution in [-0.2, 0) is 17.8 Å². The Hall–Kier alpha value is -1.76. The smallest absolute Gasteiger partial charge is 0.226 e. The Bertz CT molecular complexity index is 548. The van der Waals surface area contributed by atoms with Crippen molar-refractivity contribution in [2.75, 3.05) is 0 Å². The van der Waals surface area contributed by atoms with E-state index in [2.05, 4.69) is 20.4 Å². The highest BCUT2D eigenvalue weighted by molar-refractivity contribution is 7.11. The van der Waals surface area contributed by atoms with E-state index < -0.39 is 0 Å². The Morgan fingerprint density at radius 1 is 1.53 bits per heavy atom. The summed E-state index contributed by atoms with van der Waals surface area (Å²) in [5.41, 5.74) is 0.868. The van der Waals surface area contributed by atoms with Gasteiger partial charge in [-0.1, -0.05) is 0 Å². The number of carbonyl (C=O) groups excluding carboxylic acids is 1. The van der Waals surface area contributed by atoms with Gasteiger partial charge in [-0.2, -0.15) is 5.10 Å². The van der Waals surface area contributed by atoms with Crippen molar-refractivity contribution in [2.45, 2.75) is 39.8 Å². The number of carbonyl (C=O) groups is 1. The molecule has 0 saturated heterocycles. The van der Waals surface area contributed by atoms with Crippen molar-refractivity contribution in [1.29, 1.82) is 0 Å². The molecule has 0 fully saturated rings. The molecule has 0 saturated carbocycles. The summed E-state index contributed by atoms with van der Waals surface area (Å²) < 4.78 is 1.70. The molecule has 2 aromatic heterocycles. The Morgan fingerprint density at radius 3 is 2.89 bits per heavy atom. The van der Waals surface area contributed by atoms with E-state index in [0.717, 1.165) is 15.6 Å². The second-order valence-electron chi connectivity index (χ2n) is 4.50. The number of hydrogen-bond donors (Lipinski definition) is 1.